The van der Waals surface area contributed by atoms with Crippen LogP contribution in [0.15, 0.2) is 114 Å². The summed E-state index contributed by atoms with van der Waals surface area (Å²) in [5.41, 5.74) is 5.85. The van der Waals surface area contributed by atoms with Crippen molar-refractivity contribution in [3.63, 3.8) is 0 Å². The number of benzene rings is 4. The van der Waals surface area contributed by atoms with E-state index in [0.29, 0.717) is 5.71 Å². The fourth-order valence-electron chi connectivity index (χ4n) is 4.46. The molecule has 0 spiro atoms. The number of oxime groups is 1. The van der Waals surface area contributed by atoms with Crippen LogP contribution >= 0.6 is 11.3 Å². The zero-order valence-corrected chi connectivity index (χ0v) is 22.5. The van der Waals surface area contributed by atoms with Gasteiger partial charge in [-0.3, -0.25) is 0 Å². The summed E-state index contributed by atoms with van der Waals surface area (Å²) in [5, 5.41) is 8.40. The summed E-state index contributed by atoms with van der Waals surface area (Å²) < 4.78 is 0. The lowest BCUT2D eigenvalue weighted by Crippen LogP contribution is -2.16. The van der Waals surface area contributed by atoms with Crippen LogP contribution in [-0.4, -0.2) is 18.7 Å². The fourth-order valence-corrected chi connectivity index (χ4v) is 5.22. The lowest BCUT2D eigenvalue weighted by Gasteiger charge is -2.28. The Balaban J connectivity index is 1.58. The van der Waals surface area contributed by atoms with Gasteiger partial charge in [-0.15, -0.1) is 11.3 Å². The molecule has 5 rings (SSSR count). The van der Waals surface area contributed by atoms with Gasteiger partial charge in [0.1, 0.15) is 0 Å². The third-order valence-corrected chi connectivity index (χ3v) is 7.22. The Morgan fingerprint density at radius 2 is 1.55 bits per heavy atom. The SMILES string of the molecule is CC(=O)O/N=C(/C)c1ccc(N(c2cccc(N(C)Cc3cccs3)c2)c2cccc3ccccc23)cc1. The highest BCUT2D eigenvalue weighted by atomic mass is 32.1. The van der Waals surface area contributed by atoms with E-state index in [1.54, 1.807) is 11.3 Å². The first-order valence-electron chi connectivity index (χ1n) is 12.4. The Kier molecular flexibility index (Phi) is 7.52. The van der Waals surface area contributed by atoms with Gasteiger partial charge in [-0.05, 0) is 65.7 Å². The van der Waals surface area contributed by atoms with Gasteiger partial charge in [0, 0.05) is 41.3 Å². The van der Waals surface area contributed by atoms with Gasteiger partial charge < -0.3 is 14.6 Å². The molecular formula is C32H29N3O2S. The van der Waals surface area contributed by atoms with Crippen LogP contribution in [0.4, 0.5) is 22.7 Å². The predicted molar refractivity (Wildman–Crippen MR) is 159 cm³/mol. The first kappa shape index (κ1) is 25.2. The standard InChI is InChI=1S/C32H29N3O2S/c1-23(33-37-24(2)36)25-16-18-27(19-17-25)35(32-15-6-10-26-9-4-5-14-31(26)32)29-12-7-11-28(21-29)34(3)22-30-13-8-20-38-30/h4-21H,22H2,1-3H3/b33-23-. The van der Waals surface area contributed by atoms with E-state index in [4.69, 9.17) is 4.84 Å². The van der Waals surface area contributed by atoms with Crippen molar-refractivity contribution < 1.29 is 9.63 Å². The number of carbonyl (C=O) groups is 1. The minimum absolute atomic E-state index is 0.438. The molecule has 0 radical (unpaired) electrons. The van der Waals surface area contributed by atoms with Crippen molar-refractivity contribution in [1.29, 1.82) is 0 Å². The Morgan fingerprint density at radius 3 is 2.32 bits per heavy atom. The van der Waals surface area contributed by atoms with Gasteiger partial charge >= 0.3 is 5.97 Å². The third kappa shape index (κ3) is 5.61. The van der Waals surface area contributed by atoms with Gasteiger partial charge in [0.15, 0.2) is 0 Å². The van der Waals surface area contributed by atoms with Crippen LogP contribution in [0.25, 0.3) is 10.8 Å². The summed E-state index contributed by atoms with van der Waals surface area (Å²) in [6, 6.07) is 35.9. The van der Waals surface area contributed by atoms with E-state index in [2.05, 4.69) is 118 Å². The largest absolute Gasteiger partial charge is 0.369 e. The normalized spacial score (nSPS) is 11.4. The monoisotopic (exact) mass is 519 g/mol. The molecule has 0 N–H and O–H groups in total. The van der Waals surface area contributed by atoms with Crippen LogP contribution in [0.1, 0.15) is 24.3 Å². The number of thiophene rings is 1. The fraction of sp³-hybridized carbons (Fsp3) is 0.125. The van der Waals surface area contributed by atoms with Crippen LogP contribution in [-0.2, 0) is 16.2 Å². The number of rotatable bonds is 8. The maximum atomic E-state index is 11.2. The van der Waals surface area contributed by atoms with Crippen molar-refractivity contribution in [3.8, 4) is 0 Å². The Morgan fingerprint density at radius 1 is 0.816 bits per heavy atom. The number of hydrogen-bond donors (Lipinski definition) is 0. The molecule has 0 fully saturated rings. The summed E-state index contributed by atoms with van der Waals surface area (Å²) in [7, 11) is 2.13. The maximum absolute atomic E-state index is 11.2. The number of carbonyl (C=O) groups excluding carboxylic acids is 1. The molecule has 1 heterocycles. The van der Waals surface area contributed by atoms with E-state index in [-0.39, 0.29) is 0 Å². The maximum Gasteiger partial charge on any atom is 0.331 e. The number of fused-ring (bicyclic) bond motifs is 1. The van der Waals surface area contributed by atoms with Crippen LogP contribution < -0.4 is 9.80 Å². The molecule has 0 bridgehead atoms. The van der Waals surface area contributed by atoms with Crippen LogP contribution in [0.3, 0.4) is 0 Å². The van der Waals surface area contributed by atoms with Crippen molar-refractivity contribution in [2.75, 3.05) is 16.8 Å². The van der Waals surface area contributed by atoms with E-state index >= 15 is 0 Å². The Labute approximate surface area is 227 Å². The van der Waals surface area contributed by atoms with Gasteiger partial charge in [-0.25, -0.2) is 4.79 Å². The highest BCUT2D eigenvalue weighted by molar-refractivity contribution is 7.09. The van der Waals surface area contributed by atoms with Crippen molar-refractivity contribution in [2.24, 2.45) is 5.16 Å². The molecule has 0 aliphatic rings. The molecule has 5 nitrogen and oxygen atoms in total. The summed E-state index contributed by atoms with van der Waals surface area (Å²) in [4.78, 5) is 21.9. The number of hydrogen-bond acceptors (Lipinski definition) is 6. The number of nitrogens with zero attached hydrogens (tertiary/aromatic N) is 3. The second-order valence-electron chi connectivity index (χ2n) is 9.10. The van der Waals surface area contributed by atoms with Crippen LogP contribution in [0, 0.1) is 0 Å². The molecule has 0 atom stereocenters. The Hall–Kier alpha value is -4.42. The molecular weight excluding hydrogens is 490 g/mol. The molecule has 0 aliphatic heterocycles. The molecule has 0 saturated carbocycles. The van der Waals surface area contributed by atoms with E-state index < -0.39 is 5.97 Å². The summed E-state index contributed by atoms with van der Waals surface area (Å²) in [6.07, 6.45) is 0. The van der Waals surface area contributed by atoms with Crippen molar-refractivity contribution in [1.82, 2.24) is 0 Å². The van der Waals surface area contributed by atoms with Crippen molar-refractivity contribution >= 4 is 56.5 Å². The molecule has 0 unspecified atom stereocenters. The quantitative estimate of drug-likeness (QED) is 0.118. The average molecular weight is 520 g/mol. The molecule has 0 aliphatic carbocycles. The predicted octanol–water partition coefficient (Wildman–Crippen LogP) is 8.29. The molecule has 6 heteroatoms. The van der Waals surface area contributed by atoms with Gasteiger partial charge in [-0.1, -0.05) is 65.8 Å². The Bertz CT molecular complexity index is 1570. The molecule has 1 aromatic heterocycles. The first-order valence-corrected chi connectivity index (χ1v) is 13.3. The molecule has 5 aromatic rings. The van der Waals surface area contributed by atoms with E-state index in [1.165, 1.54) is 22.6 Å². The minimum Gasteiger partial charge on any atom is -0.369 e. The van der Waals surface area contributed by atoms with Gasteiger partial charge in [0.25, 0.3) is 0 Å². The van der Waals surface area contributed by atoms with Crippen LogP contribution in [0.5, 0.6) is 0 Å². The first-order chi connectivity index (χ1) is 18.5. The smallest absolute Gasteiger partial charge is 0.331 e. The molecule has 0 saturated heterocycles. The average Bonchev–Trinajstić information content (AvgIpc) is 3.45. The van der Waals surface area contributed by atoms with Gasteiger partial charge in [-0.2, -0.15) is 0 Å². The zero-order valence-electron chi connectivity index (χ0n) is 21.7. The van der Waals surface area contributed by atoms with E-state index in [0.717, 1.165) is 34.9 Å². The van der Waals surface area contributed by atoms with E-state index in [1.807, 2.05) is 19.1 Å². The van der Waals surface area contributed by atoms with E-state index in [9.17, 15) is 4.79 Å². The van der Waals surface area contributed by atoms with Gasteiger partial charge in [0.2, 0.25) is 0 Å². The summed E-state index contributed by atoms with van der Waals surface area (Å²) in [6.45, 7) is 4.02. The summed E-state index contributed by atoms with van der Waals surface area (Å²) in [5.74, 6) is -0.438. The van der Waals surface area contributed by atoms with Crippen molar-refractivity contribution in [2.45, 2.75) is 20.4 Å². The van der Waals surface area contributed by atoms with Crippen LogP contribution in [0.2, 0.25) is 0 Å². The molecule has 0 amide bonds. The summed E-state index contributed by atoms with van der Waals surface area (Å²) >= 11 is 1.77. The topological polar surface area (TPSA) is 45.1 Å². The second kappa shape index (κ2) is 11.3. The minimum atomic E-state index is -0.438. The third-order valence-electron chi connectivity index (χ3n) is 6.36. The highest BCUT2D eigenvalue weighted by Crippen LogP contribution is 2.40. The highest BCUT2D eigenvalue weighted by Gasteiger charge is 2.17. The second-order valence-corrected chi connectivity index (χ2v) is 10.1. The molecule has 38 heavy (non-hydrogen) atoms. The lowest BCUT2D eigenvalue weighted by atomic mass is 10.1. The molecule has 190 valence electrons. The zero-order chi connectivity index (χ0) is 26.5. The molecule has 4 aromatic carbocycles. The lowest BCUT2D eigenvalue weighted by molar-refractivity contribution is -0.140. The number of anilines is 4. The van der Waals surface area contributed by atoms with Gasteiger partial charge in [0.05, 0.1) is 17.9 Å². The van der Waals surface area contributed by atoms with Crippen molar-refractivity contribution in [3.05, 3.63) is 119 Å².